The van der Waals surface area contributed by atoms with E-state index >= 15 is 0 Å². The second-order valence-electron chi connectivity index (χ2n) is 4.12. The molecule has 1 aliphatic carbocycles. The lowest BCUT2D eigenvalue weighted by molar-refractivity contribution is -0.133. The molecule has 1 rings (SSSR count). The second-order valence-corrected chi connectivity index (χ2v) is 4.12. The molecule has 0 bridgehead atoms. The van der Waals surface area contributed by atoms with Gasteiger partial charge in [0.15, 0.2) is 0 Å². The van der Waals surface area contributed by atoms with Crippen LogP contribution in [0.1, 0.15) is 39.5 Å². The molecule has 90 valence electrons. The van der Waals surface area contributed by atoms with Crippen molar-refractivity contribution in [2.45, 2.75) is 45.6 Å². The van der Waals surface area contributed by atoms with E-state index in [1.807, 2.05) is 0 Å². The fraction of sp³-hybridized carbons (Fsp3) is 0.636. The summed E-state index contributed by atoms with van der Waals surface area (Å²) in [4.78, 5) is 22.2. The zero-order valence-electron chi connectivity index (χ0n) is 9.58. The van der Waals surface area contributed by atoms with Gasteiger partial charge in [-0.05, 0) is 45.1 Å². The Kier molecular flexibility index (Phi) is 4.34. The lowest BCUT2D eigenvalue weighted by Gasteiger charge is -2.13. The number of rotatable bonds is 3. The predicted octanol–water partition coefficient (Wildman–Crippen LogP) is 2.03. The van der Waals surface area contributed by atoms with Crippen LogP contribution in [-0.2, 0) is 9.53 Å². The number of nitrogens with one attached hydrogen (secondary N) is 1. The summed E-state index contributed by atoms with van der Waals surface area (Å²) in [5.41, 5.74) is 0.430. The minimum absolute atomic E-state index is 0.0628. The molecule has 0 aromatic rings. The first-order valence-corrected chi connectivity index (χ1v) is 5.39. The highest BCUT2D eigenvalue weighted by Crippen LogP contribution is 2.21. The third-order valence-corrected chi connectivity index (χ3v) is 2.52. The van der Waals surface area contributed by atoms with Crippen LogP contribution in [0, 0.1) is 0 Å². The number of aliphatic carboxylic acids is 1. The fourth-order valence-corrected chi connectivity index (χ4v) is 1.68. The number of amides is 1. The van der Waals surface area contributed by atoms with Gasteiger partial charge in [-0.15, -0.1) is 0 Å². The first-order chi connectivity index (χ1) is 7.50. The van der Waals surface area contributed by atoms with Crippen molar-refractivity contribution in [1.29, 1.82) is 0 Å². The van der Waals surface area contributed by atoms with Gasteiger partial charge < -0.3 is 9.84 Å². The van der Waals surface area contributed by atoms with Crippen molar-refractivity contribution in [1.82, 2.24) is 5.32 Å². The third kappa shape index (κ3) is 3.56. The van der Waals surface area contributed by atoms with Crippen LogP contribution in [0.2, 0.25) is 0 Å². The Morgan fingerprint density at radius 3 is 2.25 bits per heavy atom. The van der Waals surface area contributed by atoms with Gasteiger partial charge in [0, 0.05) is 0 Å². The van der Waals surface area contributed by atoms with E-state index in [0.29, 0.717) is 5.57 Å². The fourth-order valence-electron chi connectivity index (χ4n) is 1.68. The third-order valence-electron chi connectivity index (χ3n) is 2.52. The minimum atomic E-state index is -1.15. The van der Waals surface area contributed by atoms with Crippen LogP contribution in [-0.4, -0.2) is 23.3 Å². The first-order valence-electron chi connectivity index (χ1n) is 5.39. The van der Waals surface area contributed by atoms with Gasteiger partial charge in [-0.3, -0.25) is 5.32 Å². The molecule has 0 saturated heterocycles. The van der Waals surface area contributed by atoms with Crippen LogP contribution >= 0.6 is 0 Å². The number of carbonyl (C=O) groups is 2. The van der Waals surface area contributed by atoms with Crippen LogP contribution in [0.4, 0.5) is 4.79 Å². The van der Waals surface area contributed by atoms with Gasteiger partial charge in [0.2, 0.25) is 0 Å². The first kappa shape index (κ1) is 12.5. The van der Waals surface area contributed by atoms with E-state index in [2.05, 4.69) is 5.32 Å². The Balaban J connectivity index is 2.49. The maximum atomic E-state index is 11.4. The molecule has 5 nitrogen and oxygen atoms in total. The summed E-state index contributed by atoms with van der Waals surface area (Å²) in [5.74, 6) is -1.15. The molecular formula is C11H17NO4. The van der Waals surface area contributed by atoms with Gasteiger partial charge in [-0.1, -0.05) is 0 Å². The van der Waals surface area contributed by atoms with Gasteiger partial charge in [-0.25, -0.2) is 9.59 Å². The van der Waals surface area contributed by atoms with E-state index in [0.717, 1.165) is 25.7 Å². The van der Waals surface area contributed by atoms with Crippen LogP contribution in [0.5, 0.6) is 0 Å². The van der Waals surface area contributed by atoms with Crippen molar-refractivity contribution in [2.24, 2.45) is 0 Å². The summed E-state index contributed by atoms with van der Waals surface area (Å²) < 4.78 is 5.09. The van der Waals surface area contributed by atoms with E-state index in [4.69, 9.17) is 9.84 Å². The average Bonchev–Trinajstić information content (AvgIpc) is 2.65. The number of carboxylic acids is 1. The number of hydrogen-bond acceptors (Lipinski definition) is 3. The Hall–Kier alpha value is -1.52. The molecule has 2 N–H and O–H groups in total. The Morgan fingerprint density at radius 2 is 1.81 bits per heavy atom. The van der Waals surface area contributed by atoms with Crippen molar-refractivity contribution in [2.75, 3.05) is 0 Å². The van der Waals surface area contributed by atoms with E-state index < -0.39 is 12.1 Å². The number of carboxylic acid groups (broad SMARTS) is 1. The molecule has 0 aromatic carbocycles. The standard InChI is InChI=1S/C11H17NO4/c1-7(2)9(10(13)14)12-11(15)16-8-5-3-4-6-8/h8H,3-6H2,1-2H3,(H,12,15)(H,13,14). The molecule has 1 aliphatic rings. The normalized spacial score (nSPS) is 15.6. The van der Waals surface area contributed by atoms with Crippen LogP contribution in [0.3, 0.4) is 0 Å². The summed E-state index contributed by atoms with van der Waals surface area (Å²) in [7, 11) is 0. The molecule has 0 aromatic heterocycles. The molecule has 5 heteroatoms. The van der Waals surface area contributed by atoms with Crippen LogP contribution in [0.15, 0.2) is 11.3 Å². The number of hydrogen-bond donors (Lipinski definition) is 2. The maximum absolute atomic E-state index is 11.4. The lowest BCUT2D eigenvalue weighted by Crippen LogP contribution is -2.31. The highest BCUT2D eigenvalue weighted by atomic mass is 16.6. The molecule has 1 fully saturated rings. The van der Waals surface area contributed by atoms with Gasteiger partial charge in [0.05, 0.1) is 0 Å². The van der Waals surface area contributed by atoms with E-state index in [1.165, 1.54) is 0 Å². The zero-order chi connectivity index (χ0) is 12.1. The molecule has 0 spiro atoms. The quantitative estimate of drug-likeness (QED) is 0.723. The molecule has 0 atom stereocenters. The van der Waals surface area contributed by atoms with Crippen LogP contribution in [0.25, 0.3) is 0 Å². The topological polar surface area (TPSA) is 75.6 Å². The largest absolute Gasteiger partial charge is 0.477 e. The van der Waals surface area contributed by atoms with Gasteiger partial charge in [-0.2, -0.15) is 0 Å². The van der Waals surface area contributed by atoms with Crippen molar-refractivity contribution in [3.8, 4) is 0 Å². The highest BCUT2D eigenvalue weighted by Gasteiger charge is 2.21. The van der Waals surface area contributed by atoms with E-state index in [1.54, 1.807) is 13.8 Å². The summed E-state index contributed by atoms with van der Waals surface area (Å²) in [6.45, 7) is 3.25. The number of ether oxygens (including phenoxy) is 1. The summed E-state index contributed by atoms with van der Waals surface area (Å²) in [6, 6.07) is 0. The lowest BCUT2D eigenvalue weighted by atomic mass is 10.2. The van der Waals surface area contributed by atoms with Gasteiger partial charge in [0.1, 0.15) is 11.8 Å². The molecule has 16 heavy (non-hydrogen) atoms. The van der Waals surface area contributed by atoms with Crippen LogP contribution < -0.4 is 5.32 Å². The van der Waals surface area contributed by atoms with Crippen molar-refractivity contribution in [3.63, 3.8) is 0 Å². The van der Waals surface area contributed by atoms with Crippen molar-refractivity contribution < 1.29 is 19.4 Å². The molecular weight excluding hydrogens is 210 g/mol. The Morgan fingerprint density at radius 1 is 1.25 bits per heavy atom. The summed E-state index contributed by atoms with van der Waals surface area (Å²) in [5, 5.41) is 11.1. The SMILES string of the molecule is CC(C)=C(NC(=O)OC1CCCC1)C(=O)O. The van der Waals surface area contributed by atoms with E-state index in [9.17, 15) is 9.59 Å². The molecule has 0 unspecified atom stereocenters. The second kappa shape index (κ2) is 5.53. The highest BCUT2D eigenvalue weighted by molar-refractivity contribution is 5.91. The molecule has 1 saturated carbocycles. The van der Waals surface area contributed by atoms with E-state index in [-0.39, 0.29) is 11.8 Å². The minimum Gasteiger partial charge on any atom is -0.477 e. The van der Waals surface area contributed by atoms with Crippen molar-refractivity contribution >= 4 is 12.1 Å². The molecule has 0 aliphatic heterocycles. The molecule has 1 amide bonds. The molecule has 0 radical (unpaired) electrons. The Bertz CT molecular complexity index is 312. The van der Waals surface area contributed by atoms with Crippen molar-refractivity contribution in [3.05, 3.63) is 11.3 Å². The number of allylic oxidation sites excluding steroid dienone is 1. The zero-order valence-corrected chi connectivity index (χ0v) is 9.58. The monoisotopic (exact) mass is 227 g/mol. The molecule has 0 heterocycles. The number of carbonyl (C=O) groups excluding carboxylic acids is 1. The summed E-state index contributed by atoms with van der Waals surface area (Å²) in [6.07, 6.45) is 3.12. The summed E-state index contributed by atoms with van der Waals surface area (Å²) >= 11 is 0. The number of alkyl carbamates (subject to hydrolysis) is 1. The smallest absolute Gasteiger partial charge is 0.412 e. The van der Waals surface area contributed by atoms with Gasteiger partial charge >= 0.3 is 12.1 Å². The maximum Gasteiger partial charge on any atom is 0.412 e. The Labute approximate surface area is 94.5 Å². The van der Waals surface area contributed by atoms with Gasteiger partial charge in [0.25, 0.3) is 0 Å². The average molecular weight is 227 g/mol. The predicted molar refractivity (Wildman–Crippen MR) is 57.9 cm³/mol.